The normalized spacial score (nSPS) is 18.1. The maximum absolute atomic E-state index is 12.5. The SMILES string of the molecule is CC(=O)Nc1ccc(C(=O)Nc2ccc(OC(=O)CCC/C=C\C[C@H]3C(=O)C[C@H](O)[C@H]3OCC(O)COc3ccccc3)cc2)cc1. The Morgan fingerprint density at radius 2 is 1.57 bits per heavy atom. The molecular weight excluding hydrogens is 604 g/mol. The zero-order valence-electron chi connectivity index (χ0n) is 26.2. The number of aliphatic hydroxyl groups excluding tert-OH is 2. The highest BCUT2D eigenvalue weighted by atomic mass is 16.5. The van der Waals surface area contributed by atoms with Gasteiger partial charge in [-0.1, -0.05) is 30.4 Å². The van der Waals surface area contributed by atoms with Crippen LogP contribution < -0.4 is 20.1 Å². The standard InChI is InChI=1S/C36H40N2O9/c1-24(39)37-26-15-13-25(14-16-26)36(44)38-27-17-19-30(20-18-27)47-34(43)12-8-3-2-7-11-31-32(41)21-33(42)35(31)46-23-28(40)22-45-29-9-5-4-6-10-29/h2,4-7,9-10,13-20,28,31,33,35,40,42H,3,8,11-12,21-23H2,1H3,(H,37,39)(H,38,44)/b7-2-/t28?,31-,33-,35-/m0/s1. The molecular formula is C36H40N2O9. The van der Waals surface area contributed by atoms with E-state index < -0.39 is 30.2 Å². The molecule has 1 saturated carbocycles. The number of allylic oxidation sites excluding steroid dienone is 2. The van der Waals surface area contributed by atoms with Crippen LogP contribution in [-0.4, -0.2) is 65.3 Å². The predicted octanol–water partition coefficient (Wildman–Crippen LogP) is 4.69. The van der Waals surface area contributed by atoms with Crippen molar-refractivity contribution in [2.45, 2.75) is 57.3 Å². The Kier molecular flexibility index (Phi) is 13.2. The van der Waals surface area contributed by atoms with E-state index in [1.165, 1.54) is 6.92 Å². The van der Waals surface area contributed by atoms with Crippen molar-refractivity contribution in [2.75, 3.05) is 23.8 Å². The molecule has 4 atom stereocenters. The lowest BCUT2D eigenvalue weighted by molar-refractivity contribution is -0.134. The van der Waals surface area contributed by atoms with Crippen molar-refractivity contribution in [2.24, 2.45) is 5.92 Å². The van der Waals surface area contributed by atoms with Crippen LogP contribution in [0.3, 0.4) is 0 Å². The van der Waals surface area contributed by atoms with E-state index >= 15 is 0 Å². The van der Waals surface area contributed by atoms with Gasteiger partial charge in [0.15, 0.2) is 0 Å². The van der Waals surface area contributed by atoms with Gasteiger partial charge >= 0.3 is 5.97 Å². The minimum atomic E-state index is -0.933. The summed E-state index contributed by atoms with van der Waals surface area (Å²) in [5.41, 5.74) is 1.54. The Bertz CT molecular complexity index is 1510. The summed E-state index contributed by atoms with van der Waals surface area (Å²) in [7, 11) is 0. The lowest BCUT2D eigenvalue weighted by Gasteiger charge is -2.22. The molecule has 0 radical (unpaired) electrons. The van der Waals surface area contributed by atoms with Crippen LogP contribution >= 0.6 is 0 Å². The quantitative estimate of drug-likeness (QED) is 0.0750. The number of ether oxygens (including phenoxy) is 3. The third kappa shape index (κ3) is 11.5. The highest BCUT2D eigenvalue weighted by molar-refractivity contribution is 6.04. The van der Waals surface area contributed by atoms with Crippen molar-refractivity contribution in [3.63, 3.8) is 0 Å². The number of aliphatic hydroxyl groups is 2. The monoisotopic (exact) mass is 644 g/mol. The van der Waals surface area contributed by atoms with Crippen LogP contribution in [-0.2, 0) is 19.1 Å². The van der Waals surface area contributed by atoms with E-state index in [9.17, 15) is 29.4 Å². The number of rotatable bonds is 16. The van der Waals surface area contributed by atoms with E-state index in [0.29, 0.717) is 47.7 Å². The number of nitrogens with one attached hydrogen (secondary N) is 2. The summed E-state index contributed by atoms with van der Waals surface area (Å²) in [6, 6.07) is 22.0. The zero-order valence-corrected chi connectivity index (χ0v) is 26.2. The molecule has 1 aliphatic carbocycles. The van der Waals surface area contributed by atoms with Gasteiger partial charge in [0, 0.05) is 42.6 Å². The van der Waals surface area contributed by atoms with Crippen LogP contribution in [0.4, 0.5) is 11.4 Å². The van der Waals surface area contributed by atoms with Gasteiger partial charge in [-0.15, -0.1) is 0 Å². The number of unbranched alkanes of at least 4 members (excludes halogenated alkanes) is 1. The van der Waals surface area contributed by atoms with Crippen molar-refractivity contribution < 1.29 is 43.6 Å². The van der Waals surface area contributed by atoms with Crippen LogP contribution in [0, 0.1) is 5.92 Å². The molecule has 11 nitrogen and oxygen atoms in total. The maximum atomic E-state index is 12.5. The second-order valence-corrected chi connectivity index (χ2v) is 11.2. The second kappa shape index (κ2) is 17.7. The van der Waals surface area contributed by atoms with E-state index in [4.69, 9.17) is 14.2 Å². The molecule has 0 saturated heterocycles. The van der Waals surface area contributed by atoms with Crippen molar-refractivity contribution in [3.8, 4) is 11.5 Å². The minimum Gasteiger partial charge on any atom is -0.491 e. The molecule has 3 aromatic carbocycles. The van der Waals surface area contributed by atoms with Crippen molar-refractivity contribution in [1.29, 1.82) is 0 Å². The largest absolute Gasteiger partial charge is 0.491 e. The molecule has 1 fully saturated rings. The van der Waals surface area contributed by atoms with Gasteiger partial charge in [0.25, 0.3) is 5.91 Å². The first-order valence-corrected chi connectivity index (χ1v) is 15.5. The fraction of sp³-hybridized carbons (Fsp3) is 0.333. The molecule has 2 amide bonds. The minimum absolute atomic E-state index is 0.00780. The summed E-state index contributed by atoms with van der Waals surface area (Å²) < 4.78 is 16.7. The van der Waals surface area contributed by atoms with Gasteiger partial charge in [0.05, 0.1) is 18.8 Å². The van der Waals surface area contributed by atoms with Crippen molar-refractivity contribution in [1.82, 2.24) is 0 Å². The topological polar surface area (TPSA) is 160 Å². The number of Topliss-reactive ketones (excluding diaryl/α,β-unsaturated/α-hetero) is 1. The van der Waals surface area contributed by atoms with E-state index in [0.717, 1.165) is 0 Å². The average molecular weight is 645 g/mol. The fourth-order valence-electron chi connectivity index (χ4n) is 5.02. The Hall–Kier alpha value is -4.84. The van der Waals surface area contributed by atoms with Crippen LogP contribution in [0.15, 0.2) is 91.0 Å². The van der Waals surface area contributed by atoms with Crippen molar-refractivity contribution in [3.05, 3.63) is 96.6 Å². The molecule has 4 rings (SSSR count). The van der Waals surface area contributed by atoms with Crippen LogP contribution in [0.25, 0.3) is 0 Å². The number of para-hydroxylation sites is 1. The number of carbonyl (C=O) groups is 4. The molecule has 1 unspecified atom stereocenters. The number of benzene rings is 3. The summed E-state index contributed by atoms with van der Waals surface area (Å²) in [4.78, 5) is 48.4. The number of carbonyl (C=O) groups excluding carboxylic acids is 4. The zero-order chi connectivity index (χ0) is 33.6. The maximum Gasteiger partial charge on any atom is 0.311 e. The van der Waals surface area contributed by atoms with Crippen LogP contribution in [0.1, 0.15) is 49.4 Å². The number of ketones is 1. The Labute approximate surface area is 273 Å². The van der Waals surface area contributed by atoms with E-state index in [-0.39, 0.29) is 43.7 Å². The molecule has 0 bridgehead atoms. The van der Waals surface area contributed by atoms with Gasteiger partial charge in [-0.2, -0.15) is 0 Å². The second-order valence-electron chi connectivity index (χ2n) is 11.2. The molecule has 11 heteroatoms. The highest BCUT2D eigenvalue weighted by Gasteiger charge is 2.41. The summed E-state index contributed by atoms with van der Waals surface area (Å²) >= 11 is 0. The third-order valence-electron chi connectivity index (χ3n) is 7.39. The lowest BCUT2D eigenvalue weighted by Crippen LogP contribution is -2.34. The van der Waals surface area contributed by atoms with Gasteiger partial charge in [0.2, 0.25) is 5.91 Å². The van der Waals surface area contributed by atoms with Gasteiger partial charge in [-0.05, 0) is 79.9 Å². The van der Waals surface area contributed by atoms with Crippen molar-refractivity contribution >= 4 is 34.9 Å². The number of anilines is 2. The smallest absolute Gasteiger partial charge is 0.311 e. The number of esters is 1. The van der Waals surface area contributed by atoms with E-state index in [2.05, 4.69) is 10.6 Å². The average Bonchev–Trinajstić information content (AvgIpc) is 3.33. The molecule has 0 heterocycles. The molecule has 248 valence electrons. The van der Waals surface area contributed by atoms with E-state index in [1.54, 1.807) is 60.7 Å². The molecule has 1 aliphatic rings. The predicted molar refractivity (Wildman–Crippen MR) is 175 cm³/mol. The van der Waals surface area contributed by atoms with Crippen LogP contribution in [0.2, 0.25) is 0 Å². The molecule has 4 N–H and O–H groups in total. The molecule has 47 heavy (non-hydrogen) atoms. The Morgan fingerprint density at radius 1 is 0.894 bits per heavy atom. The first-order valence-electron chi connectivity index (χ1n) is 15.5. The highest BCUT2D eigenvalue weighted by Crippen LogP contribution is 2.29. The Balaban J connectivity index is 1.12. The summed E-state index contributed by atoms with van der Waals surface area (Å²) in [6.07, 6.45) is 2.88. The van der Waals surface area contributed by atoms with Crippen LogP contribution in [0.5, 0.6) is 11.5 Å². The molecule has 3 aromatic rings. The molecule has 0 aromatic heterocycles. The van der Waals surface area contributed by atoms with Gasteiger partial charge < -0.3 is 35.1 Å². The molecule has 0 spiro atoms. The number of hydrogen-bond acceptors (Lipinski definition) is 9. The summed E-state index contributed by atoms with van der Waals surface area (Å²) in [5.74, 6) is -0.545. The lowest BCUT2D eigenvalue weighted by atomic mass is 9.99. The first-order chi connectivity index (χ1) is 22.7. The van der Waals surface area contributed by atoms with E-state index in [1.807, 2.05) is 30.4 Å². The third-order valence-corrected chi connectivity index (χ3v) is 7.39. The summed E-state index contributed by atoms with van der Waals surface area (Å²) in [5, 5.41) is 26.0. The first kappa shape index (κ1) is 35.0. The fourth-order valence-corrected chi connectivity index (χ4v) is 5.02. The summed E-state index contributed by atoms with van der Waals surface area (Å²) in [6.45, 7) is 1.36. The van der Waals surface area contributed by atoms with Gasteiger partial charge in [0.1, 0.15) is 30.0 Å². The van der Waals surface area contributed by atoms with Gasteiger partial charge in [-0.3, -0.25) is 19.2 Å². The number of hydrogen-bond donors (Lipinski definition) is 4. The Morgan fingerprint density at radius 3 is 2.28 bits per heavy atom. The van der Waals surface area contributed by atoms with Gasteiger partial charge in [-0.25, -0.2) is 0 Å². The molecule has 0 aliphatic heterocycles. The number of amides is 2.